The molecule has 0 aliphatic heterocycles. The van der Waals surface area contributed by atoms with Crippen molar-refractivity contribution in [3.8, 4) is 0 Å². The van der Waals surface area contributed by atoms with Crippen LogP contribution < -0.4 is 16.4 Å². The number of carbonyl (C=O) groups excluding carboxylic acids is 1. The van der Waals surface area contributed by atoms with E-state index in [1.165, 1.54) is 0 Å². The molecular weight excluding hydrogens is 453 g/mol. The maximum Gasteiger partial charge on any atom is 0.225 e. The minimum atomic E-state index is -0.253. The number of aliphatic hydroxyl groups excluding tert-OH is 1. The normalized spacial score (nSPS) is 19.6. The zero-order valence-corrected chi connectivity index (χ0v) is 19.1. The number of aliphatic hydroxyl groups is 1. The number of nitrogens with one attached hydrogen (secondary N) is 2. The quantitative estimate of drug-likeness (QED) is 0.405. The lowest BCUT2D eigenvalue weighted by Gasteiger charge is -2.29. The Morgan fingerprint density at radius 1 is 1.28 bits per heavy atom. The SMILES string of the molecule is C[C@@H](CO)Nc1ncc2nc(Nc3ccc(Cl)cc3Cl)n([C@H]3CC[C@@H](C(N)=O)CC3)c2n1. The van der Waals surface area contributed by atoms with Gasteiger partial charge < -0.3 is 21.5 Å². The van der Waals surface area contributed by atoms with E-state index in [9.17, 15) is 9.90 Å². The average Bonchev–Trinajstić information content (AvgIpc) is 3.12. The van der Waals surface area contributed by atoms with Crippen LogP contribution in [-0.2, 0) is 4.79 Å². The first-order valence-corrected chi connectivity index (χ1v) is 11.2. The van der Waals surface area contributed by atoms with Crippen LogP contribution in [0, 0.1) is 5.92 Å². The Hall–Kier alpha value is -2.62. The van der Waals surface area contributed by atoms with Gasteiger partial charge in [-0.1, -0.05) is 23.2 Å². The van der Waals surface area contributed by atoms with Gasteiger partial charge in [0.25, 0.3) is 0 Å². The zero-order valence-electron chi connectivity index (χ0n) is 17.6. The highest BCUT2D eigenvalue weighted by Gasteiger charge is 2.29. The summed E-state index contributed by atoms with van der Waals surface area (Å²) in [5, 5.41) is 16.7. The predicted molar refractivity (Wildman–Crippen MR) is 125 cm³/mol. The van der Waals surface area contributed by atoms with Crippen molar-refractivity contribution in [2.75, 3.05) is 17.2 Å². The van der Waals surface area contributed by atoms with Crippen LogP contribution in [0.25, 0.3) is 11.2 Å². The standard InChI is InChI=1S/C21H25Cl2N7O2/c1-11(10-31)26-20-25-9-17-19(29-20)30(14-5-2-12(3-6-14)18(24)32)21(28-17)27-16-7-4-13(22)8-15(16)23/h4,7-9,11-12,14,31H,2-3,5-6,10H2,1H3,(H2,24,32)(H,27,28)(H,25,26,29)/t11-,12-,14+/m0/s1. The third-order valence-electron chi connectivity index (χ3n) is 5.72. The minimum absolute atomic E-state index is 0.0420. The highest BCUT2D eigenvalue weighted by atomic mass is 35.5. The van der Waals surface area contributed by atoms with E-state index in [0.717, 1.165) is 12.8 Å². The molecule has 0 unspecified atom stereocenters. The predicted octanol–water partition coefficient (Wildman–Crippen LogP) is 3.89. The Morgan fingerprint density at radius 3 is 2.69 bits per heavy atom. The van der Waals surface area contributed by atoms with E-state index in [4.69, 9.17) is 33.9 Å². The molecule has 1 aliphatic rings. The second-order valence-corrected chi connectivity index (χ2v) is 8.94. The summed E-state index contributed by atoms with van der Waals surface area (Å²) in [6.45, 7) is 1.80. The summed E-state index contributed by atoms with van der Waals surface area (Å²) in [6, 6.07) is 5.08. The van der Waals surface area contributed by atoms with Crippen LogP contribution in [0.2, 0.25) is 10.0 Å². The maximum absolute atomic E-state index is 11.6. The molecule has 1 fully saturated rings. The lowest BCUT2D eigenvalue weighted by Crippen LogP contribution is -2.29. The largest absolute Gasteiger partial charge is 0.394 e. The number of hydrogen-bond donors (Lipinski definition) is 4. The Balaban J connectivity index is 1.74. The van der Waals surface area contributed by atoms with Gasteiger partial charge >= 0.3 is 0 Å². The van der Waals surface area contributed by atoms with Crippen molar-refractivity contribution in [1.29, 1.82) is 0 Å². The van der Waals surface area contributed by atoms with Crippen LogP contribution in [0.4, 0.5) is 17.6 Å². The number of benzene rings is 1. The van der Waals surface area contributed by atoms with Gasteiger partial charge in [-0.05, 0) is 50.8 Å². The molecule has 2 aromatic heterocycles. The molecule has 32 heavy (non-hydrogen) atoms. The maximum atomic E-state index is 11.6. The Morgan fingerprint density at radius 2 is 2.03 bits per heavy atom. The highest BCUT2D eigenvalue weighted by Crippen LogP contribution is 2.38. The summed E-state index contributed by atoms with van der Waals surface area (Å²) < 4.78 is 2.04. The summed E-state index contributed by atoms with van der Waals surface area (Å²) in [4.78, 5) is 25.3. The second-order valence-electron chi connectivity index (χ2n) is 8.09. The minimum Gasteiger partial charge on any atom is -0.394 e. The number of halogens is 2. The van der Waals surface area contributed by atoms with E-state index in [1.54, 1.807) is 24.4 Å². The third kappa shape index (κ3) is 4.74. The summed E-state index contributed by atoms with van der Waals surface area (Å²) in [5.41, 5.74) is 7.46. The molecule has 4 rings (SSSR count). The number of nitrogens with two attached hydrogens (primary N) is 1. The van der Waals surface area contributed by atoms with Gasteiger partial charge in [-0.25, -0.2) is 9.97 Å². The van der Waals surface area contributed by atoms with Crippen LogP contribution in [0.1, 0.15) is 38.6 Å². The van der Waals surface area contributed by atoms with Crippen molar-refractivity contribution >= 4 is 57.9 Å². The van der Waals surface area contributed by atoms with Crippen molar-refractivity contribution in [3.05, 3.63) is 34.4 Å². The van der Waals surface area contributed by atoms with E-state index in [0.29, 0.717) is 51.6 Å². The molecule has 0 saturated heterocycles. The van der Waals surface area contributed by atoms with Gasteiger partial charge in [-0.2, -0.15) is 4.98 Å². The zero-order chi connectivity index (χ0) is 22.8. The number of aromatic nitrogens is 4. The first-order valence-electron chi connectivity index (χ1n) is 10.5. The topological polar surface area (TPSA) is 131 Å². The summed E-state index contributed by atoms with van der Waals surface area (Å²) in [7, 11) is 0. The van der Waals surface area contributed by atoms with Crippen molar-refractivity contribution in [3.63, 3.8) is 0 Å². The van der Waals surface area contributed by atoms with Crippen LogP contribution in [0.15, 0.2) is 24.4 Å². The first-order chi connectivity index (χ1) is 15.4. The molecule has 1 amide bonds. The fraction of sp³-hybridized carbons (Fsp3) is 0.429. The molecule has 9 nitrogen and oxygen atoms in total. The number of hydrogen-bond acceptors (Lipinski definition) is 7. The van der Waals surface area contributed by atoms with Crippen LogP contribution in [0.3, 0.4) is 0 Å². The number of primary amides is 1. The van der Waals surface area contributed by atoms with E-state index in [2.05, 4.69) is 20.6 Å². The lowest BCUT2D eigenvalue weighted by molar-refractivity contribution is -0.122. The van der Waals surface area contributed by atoms with E-state index in [1.807, 2.05) is 11.5 Å². The average molecular weight is 478 g/mol. The Bertz CT molecular complexity index is 1130. The molecule has 2 heterocycles. The summed E-state index contributed by atoms with van der Waals surface area (Å²) >= 11 is 12.4. The lowest BCUT2D eigenvalue weighted by atomic mass is 9.85. The number of fused-ring (bicyclic) bond motifs is 1. The monoisotopic (exact) mass is 477 g/mol. The van der Waals surface area contributed by atoms with Crippen LogP contribution in [0.5, 0.6) is 0 Å². The van der Waals surface area contributed by atoms with Gasteiger partial charge in [0.15, 0.2) is 5.65 Å². The molecule has 1 saturated carbocycles. The molecule has 5 N–H and O–H groups in total. The number of amides is 1. The first kappa shape index (κ1) is 22.6. The summed E-state index contributed by atoms with van der Waals surface area (Å²) in [6.07, 6.45) is 4.59. The molecule has 1 atom stereocenters. The molecule has 0 radical (unpaired) electrons. The molecule has 0 spiro atoms. The number of rotatable bonds is 7. The van der Waals surface area contributed by atoms with E-state index >= 15 is 0 Å². The smallest absolute Gasteiger partial charge is 0.225 e. The van der Waals surface area contributed by atoms with E-state index in [-0.39, 0.29) is 30.5 Å². The van der Waals surface area contributed by atoms with E-state index < -0.39 is 0 Å². The van der Waals surface area contributed by atoms with Gasteiger partial charge in [0, 0.05) is 23.0 Å². The second kappa shape index (κ2) is 9.48. The number of carbonyl (C=O) groups is 1. The molecule has 170 valence electrons. The van der Waals surface area contributed by atoms with Gasteiger partial charge in [0.2, 0.25) is 17.8 Å². The van der Waals surface area contributed by atoms with Crippen LogP contribution >= 0.6 is 23.2 Å². The van der Waals surface area contributed by atoms with Gasteiger partial charge in [0.1, 0.15) is 5.52 Å². The van der Waals surface area contributed by atoms with Gasteiger partial charge in [-0.15, -0.1) is 0 Å². The highest BCUT2D eigenvalue weighted by molar-refractivity contribution is 6.36. The third-order valence-corrected chi connectivity index (χ3v) is 6.27. The fourth-order valence-corrected chi connectivity index (χ4v) is 4.45. The number of nitrogens with zero attached hydrogens (tertiary/aromatic N) is 4. The number of imidazole rings is 1. The summed E-state index contributed by atoms with van der Waals surface area (Å²) in [5.74, 6) is 0.618. The molecule has 0 bridgehead atoms. The van der Waals surface area contributed by atoms with Crippen molar-refractivity contribution < 1.29 is 9.90 Å². The Labute approximate surface area is 195 Å². The molecule has 1 aromatic carbocycles. The fourth-order valence-electron chi connectivity index (χ4n) is 3.99. The van der Waals surface area contributed by atoms with Gasteiger partial charge in [0.05, 0.1) is 23.5 Å². The number of anilines is 3. The van der Waals surface area contributed by atoms with Crippen molar-refractivity contribution in [2.24, 2.45) is 11.7 Å². The molecule has 11 heteroatoms. The Kier molecular flexibility index (Phi) is 6.68. The molecule has 1 aliphatic carbocycles. The van der Waals surface area contributed by atoms with Gasteiger partial charge in [-0.3, -0.25) is 9.36 Å². The van der Waals surface area contributed by atoms with Crippen molar-refractivity contribution in [2.45, 2.75) is 44.7 Å². The molecular formula is C21H25Cl2N7O2. The van der Waals surface area contributed by atoms with Crippen molar-refractivity contribution in [1.82, 2.24) is 19.5 Å². The molecule has 3 aromatic rings. The van der Waals surface area contributed by atoms with Crippen LogP contribution in [-0.4, -0.2) is 43.2 Å².